The van der Waals surface area contributed by atoms with Gasteiger partial charge in [0.05, 0.1) is 6.54 Å². The zero-order chi connectivity index (χ0) is 25.2. The van der Waals surface area contributed by atoms with E-state index in [9.17, 15) is 4.79 Å². The molecule has 7 nitrogen and oxygen atoms in total. The van der Waals surface area contributed by atoms with Crippen LogP contribution in [-0.4, -0.2) is 73.5 Å². The number of anilines is 2. The number of allylic oxidation sites excluding steroid dienone is 2. The summed E-state index contributed by atoms with van der Waals surface area (Å²) >= 11 is 0. The van der Waals surface area contributed by atoms with Crippen LogP contribution in [0.1, 0.15) is 30.0 Å². The summed E-state index contributed by atoms with van der Waals surface area (Å²) < 4.78 is 0. The predicted octanol–water partition coefficient (Wildman–Crippen LogP) is 3.70. The molecule has 0 aromatic heterocycles. The van der Waals surface area contributed by atoms with Crippen LogP contribution in [0.2, 0.25) is 0 Å². The minimum Gasteiger partial charge on any atom is -0.372 e. The molecule has 4 heterocycles. The summed E-state index contributed by atoms with van der Waals surface area (Å²) in [5.41, 5.74) is 5.01. The van der Waals surface area contributed by atoms with Crippen LogP contribution in [0.25, 0.3) is 0 Å². The van der Waals surface area contributed by atoms with E-state index in [1.165, 1.54) is 35.3 Å². The van der Waals surface area contributed by atoms with Crippen molar-refractivity contribution in [1.82, 2.24) is 15.1 Å². The minimum atomic E-state index is -0.0916. The summed E-state index contributed by atoms with van der Waals surface area (Å²) in [6.07, 6.45) is 10.6. The lowest BCUT2D eigenvalue weighted by molar-refractivity contribution is -0.130. The number of fused-ring (bicyclic) bond motifs is 1. The van der Waals surface area contributed by atoms with Crippen molar-refractivity contribution in [3.05, 3.63) is 84.1 Å². The van der Waals surface area contributed by atoms with Crippen molar-refractivity contribution in [2.45, 2.75) is 32.0 Å². The molecule has 7 heteroatoms. The van der Waals surface area contributed by atoms with Crippen LogP contribution in [-0.2, 0) is 4.79 Å². The number of para-hydroxylation sites is 1. The first kappa shape index (κ1) is 23.8. The van der Waals surface area contributed by atoms with Crippen LogP contribution >= 0.6 is 0 Å². The topological polar surface area (TPSA) is 54.4 Å². The van der Waals surface area contributed by atoms with Crippen LogP contribution < -0.4 is 15.1 Å². The number of piperazine rings is 1. The van der Waals surface area contributed by atoms with E-state index in [4.69, 9.17) is 4.99 Å². The highest BCUT2D eigenvalue weighted by atomic mass is 16.2. The molecule has 192 valence electrons. The van der Waals surface area contributed by atoms with Gasteiger partial charge in [-0.1, -0.05) is 36.4 Å². The predicted molar refractivity (Wildman–Crippen MR) is 150 cm³/mol. The average Bonchev–Trinajstić information content (AvgIpc) is 3.61. The van der Waals surface area contributed by atoms with Gasteiger partial charge in [-0.3, -0.25) is 15.1 Å². The number of carbonyl (C=O) groups excluding carboxylic acids is 1. The first-order chi connectivity index (χ1) is 18.2. The van der Waals surface area contributed by atoms with Crippen LogP contribution in [0.4, 0.5) is 11.4 Å². The number of amidine groups is 1. The maximum absolute atomic E-state index is 13.2. The lowest BCUT2D eigenvalue weighted by atomic mass is 10.0. The van der Waals surface area contributed by atoms with Crippen LogP contribution in [0.15, 0.2) is 78.0 Å². The molecule has 2 aromatic carbocycles. The van der Waals surface area contributed by atoms with Crippen LogP contribution in [0.3, 0.4) is 0 Å². The number of amides is 1. The molecule has 2 unspecified atom stereocenters. The number of nitrogens with one attached hydrogen (secondary N) is 1. The Bertz CT molecular complexity index is 1200. The molecule has 37 heavy (non-hydrogen) atoms. The third-order valence-electron chi connectivity index (χ3n) is 7.99. The van der Waals surface area contributed by atoms with Crippen molar-refractivity contribution in [3.63, 3.8) is 0 Å². The van der Waals surface area contributed by atoms with E-state index in [-0.39, 0.29) is 18.1 Å². The van der Waals surface area contributed by atoms with Gasteiger partial charge in [0.2, 0.25) is 5.91 Å². The van der Waals surface area contributed by atoms with E-state index in [1.54, 1.807) is 0 Å². The molecule has 2 atom stereocenters. The van der Waals surface area contributed by atoms with E-state index in [0.717, 1.165) is 45.1 Å². The van der Waals surface area contributed by atoms with Crippen molar-refractivity contribution in [1.29, 1.82) is 0 Å². The Hall–Kier alpha value is -3.58. The number of rotatable bonds is 6. The number of hydrogen-bond donors (Lipinski definition) is 1. The van der Waals surface area contributed by atoms with Crippen LogP contribution in [0.5, 0.6) is 0 Å². The highest BCUT2D eigenvalue weighted by Crippen LogP contribution is 2.33. The molecule has 4 aliphatic rings. The second-order valence-corrected chi connectivity index (χ2v) is 10.3. The Morgan fingerprint density at radius 3 is 2.43 bits per heavy atom. The molecule has 4 aliphatic heterocycles. The molecule has 0 radical (unpaired) electrons. The molecule has 1 N–H and O–H groups in total. The molecule has 0 aliphatic carbocycles. The standard InChI is InChI=1S/C30H36N6O/c1-23-8-2-3-9-26(23)34-18-20-35(21-19-34)28(37)22-31-30-29(32-27-10-4-5-17-36(27)30)24-11-13-25(14-12-24)33-15-6-7-16-33/h2-5,8-14,17,29-31H,6-7,15-16,18-22H2,1H3. The molecular weight excluding hydrogens is 460 g/mol. The van der Waals surface area contributed by atoms with Crippen molar-refractivity contribution in [2.75, 3.05) is 55.6 Å². The Morgan fingerprint density at radius 2 is 1.68 bits per heavy atom. The lowest BCUT2D eigenvalue weighted by Gasteiger charge is -2.37. The molecule has 6 rings (SSSR count). The Balaban J connectivity index is 1.10. The fourth-order valence-electron chi connectivity index (χ4n) is 5.90. The smallest absolute Gasteiger partial charge is 0.236 e. The number of benzene rings is 2. The number of carbonyl (C=O) groups is 1. The minimum absolute atomic E-state index is 0.0688. The number of aliphatic imine (C=N–C) groups is 1. The average molecular weight is 497 g/mol. The largest absolute Gasteiger partial charge is 0.372 e. The zero-order valence-corrected chi connectivity index (χ0v) is 21.6. The molecule has 0 bridgehead atoms. The molecule has 0 saturated carbocycles. The maximum Gasteiger partial charge on any atom is 0.236 e. The highest BCUT2D eigenvalue weighted by molar-refractivity contribution is 5.96. The van der Waals surface area contributed by atoms with Crippen LogP contribution in [0, 0.1) is 6.92 Å². The summed E-state index contributed by atoms with van der Waals surface area (Å²) in [5, 5.41) is 3.56. The number of nitrogens with zero attached hydrogens (tertiary/aromatic N) is 5. The Morgan fingerprint density at radius 1 is 0.919 bits per heavy atom. The van der Waals surface area contributed by atoms with Gasteiger partial charge < -0.3 is 19.6 Å². The molecule has 2 aromatic rings. The van der Waals surface area contributed by atoms with E-state index in [1.807, 2.05) is 23.1 Å². The third kappa shape index (κ3) is 4.88. The summed E-state index contributed by atoms with van der Waals surface area (Å²) in [7, 11) is 0. The Kier molecular flexibility index (Phi) is 6.70. The normalized spacial score (nSPS) is 23.0. The molecule has 1 amide bonds. The first-order valence-corrected chi connectivity index (χ1v) is 13.5. The number of aryl methyl sites for hydroxylation is 1. The fraction of sp³-hybridized carbons (Fsp3) is 0.400. The van der Waals surface area contributed by atoms with Gasteiger partial charge in [0.25, 0.3) is 0 Å². The summed E-state index contributed by atoms with van der Waals surface area (Å²) in [6, 6.07) is 17.3. The summed E-state index contributed by atoms with van der Waals surface area (Å²) in [5.74, 6) is 1.09. The second-order valence-electron chi connectivity index (χ2n) is 10.3. The molecule has 0 spiro atoms. The van der Waals surface area contributed by atoms with E-state index < -0.39 is 0 Å². The zero-order valence-electron chi connectivity index (χ0n) is 21.6. The summed E-state index contributed by atoms with van der Waals surface area (Å²) in [6.45, 7) is 7.94. The molecular formula is C30H36N6O. The molecule has 2 saturated heterocycles. The monoisotopic (exact) mass is 496 g/mol. The van der Waals surface area contributed by atoms with Gasteiger partial charge in [-0.15, -0.1) is 0 Å². The first-order valence-electron chi connectivity index (χ1n) is 13.5. The quantitative estimate of drug-likeness (QED) is 0.661. The highest BCUT2D eigenvalue weighted by Gasteiger charge is 2.36. The third-order valence-corrected chi connectivity index (χ3v) is 7.99. The number of hydrogen-bond acceptors (Lipinski definition) is 6. The van der Waals surface area contributed by atoms with Gasteiger partial charge in [0, 0.05) is 56.8 Å². The summed E-state index contributed by atoms with van der Waals surface area (Å²) in [4.78, 5) is 27.2. The van der Waals surface area contributed by atoms with Gasteiger partial charge in [-0.05, 0) is 61.2 Å². The van der Waals surface area contributed by atoms with Gasteiger partial charge in [0.15, 0.2) is 0 Å². The van der Waals surface area contributed by atoms with E-state index in [0.29, 0.717) is 6.54 Å². The van der Waals surface area contributed by atoms with Crippen molar-refractivity contribution >= 4 is 23.1 Å². The van der Waals surface area contributed by atoms with Crippen molar-refractivity contribution in [2.24, 2.45) is 4.99 Å². The SMILES string of the molecule is Cc1ccccc1N1CCN(C(=O)CNC2C(c3ccc(N4CCCC4)cc3)N=C3C=CC=CN32)CC1. The van der Waals surface area contributed by atoms with Crippen molar-refractivity contribution < 1.29 is 4.79 Å². The van der Waals surface area contributed by atoms with Gasteiger partial charge >= 0.3 is 0 Å². The van der Waals surface area contributed by atoms with Gasteiger partial charge in [0.1, 0.15) is 18.0 Å². The van der Waals surface area contributed by atoms with Gasteiger partial charge in [-0.2, -0.15) is 0 Å². The molecule has 2 fully saturated rings. The van der Waals surface area contributed by atoms with E-state index >= 15 is 0 Å². The fourth-order valence-corrected chi connectivity index (χ4v) is 5.90. The lowest BCUT2D eigenvalue weighted by Crippen LogP contribution is -2.53. The van der Waals surface area contributed by atoms with Crippen molar-refractivity contribution in [3.8, 4) is 0 Å². The Labute approximate surface area is 219 Å². The maximum atomic E-state index is 13.2. The van der Waals surface area contributed by atoms with E-state index in [2.05, 4.69) is 81.7 Å². The second kappa shape index (κ2) is 10.4. The van der Waals surface area contributed by atoms with Gasteiger partial charge in [-0.25, -0.2) is 0 Å².